The molecule has 1 saturated carbocycles. The number of unbranched alkanes of at least 4 members (excludes halogenated alkanes) is 1. The zero-order valence-electron chi connectivity index (χ0n) is 37.1. The molecule has 3 unspecified atom stereocenters. The maximum absolute atomic E-state index is 14.9. The molecule has 2 aromatic heterocycles. The van der Waals surface area contributed by atoms with Crippen molar-refractivity contribution in [3.8, 4) is 0 Å². The topological polar surface area (TPSA) is 83.6 Å². The number of imide groups is 1. The summed E-state index contributed by atoms with van der Waals surface area (Å²) >= 11 is 0. The van der Waals surface area contributed by atoms with Crippen molar-refractivity contribution in [2.45, 2.75) is 111 Å². The summed E-state index contributed by atoms with van der Waals surface area (Å²) in [6, 6.07) is 25.9. The molecule has 8 rings (SSSR count). The lowest BCUT2D eigenvalue weighted by Gasteiger charge is -2.39. The summed E-state index contributed by atoms with van der Waals surface area (Å²) in [7, 11) is 1.60. The molecule has 3 amide bonds. The van der Waals surface area contributed by atoms with Gasteiger partial charge in [0, 0.05) is 69.0 Å². The average molecular weight is 816 g/mol. The highest BCUT2D eigenvalue weighted by Crippen LogP contribution is 2.41. The number of methoxy groups -OCH3 is 1. The minimum Gasteiger partial charge on any atom is -0.383 e. The van der Waals surface area contributed by atoms with Gasteiger partial charge in [0.25, 0.3) is 5.91 Å². The predicted molar refractivity (Wildman–Crippen MR) is 253 cm³/mol. The van der Waals surface area contributed by atoms with Gasteiger partial charge in [0.1, 0.15) is 5.84 Å². The van der Waals surface area contributed by atoms with Gasteiger partial charge in [-0.2, -0.15) is 0 Å². The molecule has 0 bridgehead atoms. The van der Waals surface area contributed by atoms with E-state index in [4.69, 9.17) is 4.74 Å². The second-order valence-corrected chi connectivity index (χ2v) is 17.2. The number of carbonyl (C=O) groups is 2. The van der Waals surface area contributed by atoms with Crippen molar-refractivity contribution in [2.75, 3.05) is 20.3 Å². The molecule has 1 aliphatic heterocycles. The van der Waals surface area contributed by atoms with Gasteiger partial charge >= 0.3 is 6.03 Å². The molecule has 0 radical (unpaired) electrons. The van der Waals surface area contributed by atoms with E-state index in [1.165, 1.54) is 53.2 Å². The minimum atomic E-state index is -0.453. The van der Waals surface area contributed by atoms with E-state index in [1.807, 2.05) is 6.92 Å². The molecular weight excluding hydrogens is 755 g/mol. The largest absolute Gasteiger partial charge is 0.383 e. The van der Waals surface area contributed by atoms with Crippen LogP contribution in [0.3, 0.4) is 0 Å². The molecule has 6 aromatic rings. The highest BCUT2D eigenvalue weighted by molar-refractivity contribution is 6.31. The number of hydrogen-bond donors (Lipinski definition) is 1. The van der Waals surface area contributed by atoms with Crippen LogP contribution in [-0.4, -0.2) is 63.0 Å². The number of nitrogens with one attached hydrogen (secondary N) is 1. The van der Waals surface area contributed by atoms with Crippen molar-refractivity contribution < 1.29 is 14.3 Å². The number of rotatable bonds is 14. The summed E-state index contributed by atoms with van der Waals surface area (Å²) in [5, 5.41) is 19.4. The number of nitrogens with zero attached hydrogens (tertiary/aromatic N) is 4. The van der Waals surface area contributed by atoms with Gasteiger partial charge in [0.15, 0.2) is 0 Å². The Morgan fingerprint density at radius 2 is 1.15 bits per heavy atom. The summed E-state index contributed by atoms with van der Waals surface area (Å²) in [6.07, 6.45) is 16.0. The Balaban J connectivity index is 1.41. The Hall–Kier alpha value is -5.73. The monoisotopic (exact) mass is 815 g/mol. The predicted octanol–water partition coefficient (Wildman–Crippen LogP) is 11.3. The standard InChI is InChI=1S/C53H61N5O3/c1-8-11-32-55-52(59)50(51(54)58(53(55)60)36(6)33-61-7)47-39(28-30-43-41-22-12-18-37-20-14-24-45(48(37)41)56(43)34(4)16-9-2)26-27-40(47)29-31-44-42-23-13-19-38-21-15-25-46(49(38)42)57(44)35(5)17-10-3/h12-15,18-25,28-31,34-36,54H,8-11,16-17,26-27,32-33H2,1-7H3/b39-28+,40-29+,43-30+,44-31+,50-47?,54-51?. The molecular formula is C53H61N5O3. The van der Waals surface area contributed by atoms with Crippen LogP contribution in [-0.2, 0) is 9.53 Å². The maximum Gasteiger partial charge on any atom is 0.332 e. The number of amides is 3. The van der Waals surface area contributed by atoms with E-state index in [1.54, 1.807) is 7.11 Å². The van der Waals surface area contributed by atoms with Crippen LogP contribution in [0.15, 0.2) is 107 Å². The number of ether oxygens (including phenoxy) is 1. The van der Waals surface area contributed by atoms with Crippen molar-refractivity contribution in [2.24, 2.45) is 0 Å². The quantitative estimate of drug-likeness (QED) is 0.111. The van der Waals surface area contributed by atoms with E-state index in [0.717, 1.165) is 59.5 Å². The molecule has 8 nitrogen and oxygen atoms in total. The van der Waals surface area contributed by atoms with Crippen LogP contribution >= 0.6 is 0 Å². The third-order valence-electron chi connectivity index (χ3n) is 13.0. The van der Waals surface area contributed by atoms with Gasteiger partial charge in [-0.3, -0.25) is 20.0 Å². The lowest BCUT2D eigenvalue weighted by molar-refractivity contribution is -0.125. The van der Waals surface area contributed by atoms with E-state index in [0.29, 0.717) is 25.8 Å². The van der Waals surface area contributed by atoms with E-state index in [9.17, 15) is 15.0 Å². The number of hydrogen-bond acceptors (Lipinski definition) is 4. The molecule has 2 fully saturated rings. The molecule has 61 heavy (non-hydrogen) atoms. The highest BCUT2D eigenvalue weighted by atomic mass is 16.5. The number of aromatic nitrogens is 2. The Kier molecular flexibility index (Phi) is 12.2. The third-order valence-corrected chi connectivity index (χ3v) is 13.0. The molecule has 316 valence electrons. The molecule has 2 aliphatic rings. The van der Waals surface area contributed by atoms with Gasteiger partial charge in [-0.15, -0.1) is 0 Å². The summed E-state index contributed by atoms with van der Waals surface area (Å²) in [6.45, 7) is 13.6. The molecule has 4 aromatic carbocycles. The first-order chi connectivity index (χ1) is 29.6. The zero-order valence-corrected chi connectivity index (χ0v) is 37.1. The number of benzene rings is 4. The normalized spacial score (nSPS) is 18.9. The molecule has 0 spiro atoms. The van der Waals surface area contributed by atoms with Crippen LogP contribution in [0.2, 0.25) is 0 Å². The van der Waals surface area contributed by atoms with E-state index >= 15 is 0 Å². The molecule has 3 heterocycles. The van der Waals surface area contributed by atoms with Gasteiger partial charge in [-0.05, 0) is 105 Å². The molecule has 1 N–H and O–H groups in total. The van der Waals surface area contributed by atoms with Crippen LogP contribution in [0.25, 0.3) is 55.5 Å². The van der Waals surface area contributed by atoms with Gasteiger partial charge in [0.2, 0.25) is 0 Å². The average Bonchev–Trinajstić information content (AvgIpc) is 3.91. The molecule has 8 heteroatoms. The van der Waals surface area contributed by atoms with Crippen LogP contribution in [0.5, 0.6) is 0 Å². The Morgan fingerprint density at radius 3 is 1.61 bits per heavy atom. The highest BCUT2D eigenvalue weighted by Gasteiger charge is 2.44. The Morgan fingerprint density at radius 1 is 0.656 bits per heavy atom. The zero-order chi connectivity index (χ0) is 42.9. The van der Waals surface area contributed by atoms with Crippen LogP contribution in [0.1, 0.15) is 105 Å². The fourth-order valence-electron chi connectivity index (χ4n) is 10.2. The number of amidine groups is 1. The second-order valence-electron chi connectivity index (χ2n) is 17.2. The Bertz CT molecular complexity index is 2700. The van der Waals surface area contributed by atoms with Crippen molar-refractivity contribution in [3.05, 3.63) is 118 Å². The molecule has 3 atom stereocenters. The lowest BCUT2D eigenvalue weighted by atomic mass is 9.94. The first-order valence-electron chi connectivity index (χ1n) is 22.6. The van der Waals surface area contributed by atoms with Crippen LogP contribution in [0, 0.1) is 5.41 Å². The lowest BCUT2D eigenvalue weighted by Crippen LogP contribution is -2.60. The minimum absolute atomic E-state index is 0.0613. The molecule has 1 aliphatic carbocycles. The third kappa shape index (κ3) is 7.33. The van der Waals surface area contributed by atoms with Crippen molar-refractivity contribution in [1.29, 1.82) is 5.41 Å². The van der Waals surface area contributed by atoms with Crippen LogP contribution < -0.4 is 10.7 Å². The number of allylic oxidation sites excluding steroid dienone is 5. The summed E-state index contributed by atoms with van der Waals surface area (Å²) < 4.78 is 10.5. The van der Waals surface area contributed by atoms with E-state index in [2.05, 4.69) is 141 Å². The van der Waals surface area contributed by atoms with Crippen molar-refractivity contribution in [1.82, 2.24) is 18.9 Å². The SMILES string of the molecule is CCCCN1C(=O)C(=C2/C(=C/C=c3\c4cccc5cccc(c54)n3C(C)CCC)CC/C2=C\C=c2/c3cccc4cccc(c43)n2C(C)CCC)C(=N)N(C(C)COC)C1=O. The maximum atomic E-state index is 14.9. The first kappa shape index (κ1) is 42.0. The second kappa shape index (κ2) is 17.7. The van der Waals surface area contributed by atoms with Gasteiger partial charge < -0.3 is 13.9 Å². The summed E-state index contributed by atoms with van der Waals surface area (Å²) in [4.78, 5) is 31.9. The van der Waals surface area contributed by atoms with Gasteiger partial charge in [0.05, 0.1) is 18.2 Å². The number of urea groups is 1. The van der Waals surface area contributed by atoms with Gasteiger partial charge in [-0.25, -0.2) is 4.79 Å². The van der Waals surface area contributed by atoms with E-state index < -0.39 is 18.0 Å². The fourth-order valence-corrected chi connectivity index (χ4v) is 10.2. The number of carbonyl (C=O) groups excluding carboxylic acids is 2. The smallest absolute Gasteiger partial charge is 0.332 e. The van der Waals surface area contributed by atoms with E-state index in [-0.39, 0.29) is 30.1 Å². The fraction of sp³-hybridized carbons (Fsp3) is 0.377. The summed E-state index contributed by atoms with van der Waals surface area (Å²) in [5.41, 5.74) is 5.48. The van der Waals surface area contributed by atoms with Gasteiger partial charge in [-0.1, -0.05) is 113 Å². The molecule has 1 saturated heterocycles. The summed E-state index contributed by atoms with van der Waals surface area (Å²) in [5.74, 6) is -0.459. The first-order valence-corrected chi connectivity index (χ1v) is 22.6. The Labute approximate surface area is 360 Å². The van der Waals surface area contributed by atoms with Crippen molar-refractivity contribution >= 4 is 73.3 Å². The van der Waals surface area contributed by atoms with Crippen molar-refractivity contribution in [3.63, 3.8) is 0 Å². The van der Waals surface area contributed by atoms with Crippen LogP contribution in [0.4, 0.5) is 4.79 Å².